The van der Waals surface area contributed by atoms with Crippen LogP contribution in [0.15, 0.2) is 36.5 Å². The second-order valence-electron chi connectivity index (χ2n) is 3.38. The van der Waals surface area contributed by atoms with Crippen molar-refractivity contribution in [2.24, 2.45) is 0 Å². The summed E-state index contributed by atoms with van der Waals surface area (Å²) in [7, 11) is 0. The second kappa shape index (κ2) is 6.19. The molecule has 0 amide bonds. The van der Waals surface area contributed by atoms with Crippen LogP contribution in [0.1, 0.15) is 22.4 Å². The molecule has 0 bridgehead atoms. The van der Waals surface area contributed by atoms with Crippen LogP contribution in [0.2, 0.25) is 0 Å². The van der Waals surface area contributed by atoms with Gasteiger partial charge in [0, 0.05) is 18.4 Å². The summed E-state index contributed by atoms with van der Waals surface area (Å²) in [6.07, 6.45) is 1.83. The Morgan fingerprint density at radius 3 is 2.82 bits per heavy atom. The van der Waals surface area contributed by atoms with Gasteiger partial charge >= 0.3 is 0 Å². The highest BCUT2D eigenvalue weighted by molar-refractivity contribution is 7.12. The van der Waals surface area contributed by atoms with Gasteiger partial charge in [0.1, 0.15) is 0 Å². The molecule has 1 heterocycles. The molecule has 0 unspecified atom stereocenters. The molecule has 17 heavy (non-hydrogen) atoms. The summed E-state index contributed by atoms with van der Waals surface area (Å²) in [5.74, 6) is 6.15. The molecule has 2 rings (SSSR count). The molecule has 0 saturated carbocycles. The van der Waals surface area contributed by atoms with E-state index < -0.39 is 0 Å². The summed E-state index contributed by atoms with van der Waals surface area (Å²) in [4.78, 5) is 5.36. The van der Waals surface area contributed by atoms with Crippen LogP contribution in [-0.2, 0) is 11.3 Å². The number of rotatable bonds is 3. The fraction of sp³-hybridized carbons (Fsp3) is 0.214. The van der Waals surface area contributed by atoms with Crippen molar-refractivity contribution in [3.8, 4) is 11.8 Å². The third kappa shape index (κ3) is 3.70. The summed E-state index contributed by atoms with van der Waals surface area (Å²) in [5.41, 5.74) is 1.01. The zero-order chi connectivity index (χ0) is 11.9. The van der Waals surface area contributed by atoms with Gasteiger partial charge in [-0.15, -0.1) is 11.3 Å². The molecule has 2 nitrogen and oxygen atoms in total. The summed E-state index contributed by atoms with van der Waals surface area (Å²) in [6.45, 7) is 3.33. The van der Waals surface area contributed by atoms with Crippen LogP contribution < -0.4 is 0 Å². The maximum absolute atomic E-state index is 5.32. The second-order valence-corrected chi connectivity index (χ2v) is 4.50. The number of nitrogens with zero attached hydrogens (tertiary/aromatic N) is 1. The Morgan fingerprint density at radius 2 is 2.06 bits per heavy atom. The van der Waals surface area contributed by atoms with Crippen LogP contribution in [0.25, 0.3) is 0 Å². The Morgan fingerprint density at radius 1 is 1.24 bits per heavy atom. The molecular weight excluding hydrogens is 230 g/mol. The van der Waals surface area contributed by atoms with E-state index in [1.54, 1.807) is 11.3 Å². The molecule has 3 heteroatoms. The van der Waals surface area contributed by atoms with Gasteiger partial charge in [-0.25, -0.2) is 4.98 Å². The number of hydrogen-bond donors (Lipinski definition) is 0. The molecule has 0 saturated heterocycles. The third-order valence-corrected chi connectivity index (χ3v) is 2.98. The fourth-order valence-electron chi connectivity index (χ4n) is 1.28. The predicted molar refractivity (Wildman–Crippen MR) is 69.9 cm³/mol. The fourth-order valence-corrected chi connectivity index (χ4v) is 1.99. The van der Waals surface area contributed by atoms with Gasteiger partial charge in [-0.3, -0.25) is 0 Å². The summed E-state index contributed by atoms with van der Waals surface area (Å²) in [6, 6.07) is 9.91. The molecule has 0 N–H and O–H groups in total. The highest BCUT2D eigenvalue weighted by atomic mass is 32.1. The largest absolute Gasteiger partial charge is 0.376 e. The Kier molecular flexibility index (Phi) is 4.31. The van der Waals surface area contributed by atoms with Crippen LogP contribution in [0, 0.1) is 11.8 Å². The van der Waals surface area contributed by atoms with Gasteiger partial charge in [0.25, 0.3) is 0 Å². The minimum atomic E-state index is 0.626. The van der Waals surface area contributed by atoms with Crippen molar-refractivity contribution in [1.82, 2.24) is 4.98 Å². The summed E-state index contributed by atoms with van der Waals surface area (Å²) >= 11 is 1.58. The number of thiazole rings is 1. The van der Waals surface area contributed by atoms with Crippen LogP contribution in [-0.4, -0.2) is 11.6 Å². The highest BCUT2D eigenvalue weighted by Crippen LogP contribution is 2.13. The first-order valence-corrected chi connectivity index (χ1v) is 6.29. The van der Waals surface area contributed by atoms with Crippen LogP contribution >= 0.6 is 11.3 Å². The Hall–Kier alpha value is -1.63. The molecule has 1 aromatic heterocycles. The van der Waals surface area contributed by atoms with Crippen molar-refractivity contribution in [3.63, 3.8) is 0 Å². The van der Waals surface area contributed by atoms with Gasteiger partial charge < -0.3 is 4.74 Å². The van der Waals surface area contributed by atoms with E-state index in [2.05, 4.69) is 16.8 Å². The summed E-state index contributed by atoms with van der Waals surface area (Å²) in [5, 5.41) is 0.837. The molecule has 2 aromatic rings. The predicted octanol–water partition coefficient (Wildman–Crippen LogP) is 3.08. The number of hydrogen-bond acceptors (Lipinski definition) is 3. The lowest BCUT2D eigenvalue weighted by molar-refractivity contribution is 0.136. The van der Waals surface area contributed by atoms with Gasteiger partial charge in [-0.2, -0.15) is 0 Å². The van der Waals surface area contributed by atoms with E-state index in [4.69, 9.17) is 4.74 Å². The minimum Gasteiger partial charge on any atom is -0.376 e. The first-order valence-electron chi connectivity index (χ1n) is 5.48. The maximum atomic E-state index is 5.32. The Balaban J connectivity index is 2.04. The zero-order valence-corrected chi connectivity index (χ0v) is 10.5. The van der Waals surface area contributed by atoms with Gasteiger partial charge in [0.05, 0.1) is 11.5 Å². The van der Waals surface area contributed by atoms with Crippen molar-refractivity contribution in [1.29, 1.82) is 0 Å². The monoisotopic (exact) mass is 243 g/mol. The first kappa shape index (κ1) is 11.8. The topological polar surface area (TPSA) is 22.1 Å². The quantitative estimate of drug-likeness (QED) is 0.773. The van der Waals surface area contributed by atoms with E-state index in [0.717, 1.165) is 22.1 Å². The Bertz CT molecular complexity index is 522. The van der Waals surface area contributed by atoms with E-state index >= 15 is 0 Å². The average Bonchev–Trinajstić information content (AvgIpc) is 2.83. The molecule has 0 atom stereocenters. The van der Waals surface area contributed by atoms with Crippen molar-refractivity contribution in [3.05, 3.63) is 52.0 Å². The van der Waals surface area contributed by atoms with Gasteiger partial charge in [0.15, 0.2) is 5.01 Å². The molecule has 1 aromatic carbocycles. The van der Waals surface area contributed by atoms with Gasteiger partial charge in [0.2, 0.25) is 0 Å². The lowest BCUT2D eigenvalue weighted by atomic mass is 10.2. The zero-order valence-electron chi connectivity index (χ0n) is 9.64. The SMILES string of the molecule is CCOCc1cnc(C#Cc2ccccc2)s1. The van der Waals surface area contributed by atoms with Gasteiger partial charge in [-0.1, -0.05) is 24.1 Å². The molecule has 0 aliphatic rings. The maximum Gasteiger partial charge on any atom is 0.167 e. The lowest BCUT2D eigenvalue weighted by Gasteiger charge is -1.93. The van der Waals surface area contributed by atoms with Crippen molar-refractivity contribution in [2.45, 2.75) is 13.5 Å². The molecule has 0 fully saturated rings. The van der Waals surface area contributed by atoms with E-state index in [9.17, 15) is 0 Å². The van der Waals surface area contributed by atoms with E-state index in [-0.39, 0.29) is 0 Å². The number of ether oxygens (including phenoxy) is 1. The Labute approximate surface area is 105 Å². The van der Waals surface area contributed by atoms with Crippen LogP contribution in [0.4, 0.5) is 0 Å². The van der Waals surface area contributed by atoms with Crippen molar-refractivity contribution >= 4 is 11.3 Å². The molecule has 0 aliphatic heterocycles. The normalized spacial score (nSPS) is 9.71. The smallest absolute Gasteiger partial charge is 0.167 e. The lowest BCUT2D eigenvalue weighted by Crippen LogP contribution is -1.87. The molecule has 0 aliphatic carbocycles. The molecule has 86 valence electrons. The first-order chi connectivity index (χ1) is 8.38. The van der Waals surface area contributed by atoms with Gasteiger partial charge in [-0.05, 0) is 25.0 Å². The number of aromatic nitrogens is 1. The molecule has 0 radical (unpaired) electrons. The van der Waals surface area contributed by atoms with Crippen molar-refractivity contribution < 1.29 is 4.74 Å². The number of benzene rings is 1. The summed E-state index contributed by atoms with van der Waals surface area (Å²) < 4.78 is 5.32. The third-order valence-electron chi connectivity index (χ3n) is 2.09. The standard InChI is InChI=1S/C14H13NOS/c1-2-16-11-13-10-15-14(17-13)9-8-12-6-4-3-5-7-12/h3-7,10H,2,11H2,1H3. The molecule has 0 spiro atoms. The van der Waals surface area contributed by atoms with E-state index in [1.165, 1.54) is 0 Å². The van der Waals surface area contributed by atoms with E-state index in [0.29, 0.717) is 6.61 Å². The minimum absolute atomic E-state index is 0.626. The highest BCUT2D eigenvalue weighted by Gasteiger charge is 1.98. The van der Waals surface area contributed by atoms with Crippen LogP contribution in [0.5, 0.6) is 0 Å². The average molecular weight is 243 g/mol. The molecular formula is C14H13NOS. The van der Waals surface area contributed by atoms with Crippen LogP contribution in [0.3, 0.4) is 0 Å². The van der Waals surface area contributed by atoms with E-state index in [1.807, 2.05) is 43.5 Å². The van der Waals surface area contributed by atoms with Crippen molar-refractivity contribution in [2.75, 3.05) is 6.61 Å².